The van der Waals surface area contributed by atoms with Gasteiger partial charge in [-0.25, -0.2) is 0 Å². The van der Waals surface area contributed by atoms with Crippen molar-refractivity contribution in [3.63, 3.8) is 0 Å². The molecule has 4 aliphatic heterocycles. The SMILES string of the molecule is O=C1[C@H]2[C@H](c3ccccc3)[C@@]3(C(=O)Nc4ccccc43)[C@H](c3cc(Cl)ccc3Br)N2C(=O)[C@@H]2CCCN12. The van der Waals surface area contributed by atoms with Gasteiger partial charge in [0.25, 0.3) is 0 Å². The van der Waals surface area contributed by atoms with Gasteiger partial charge in [0.2, 0.25) is 17.7 Å². The number of halogens is 2. The van der Waals surface area contributed by atoms with E-state index in [9.17, 15) is 14.4 Å². The number of carbonyl (C=O) groups is 3. The molecule has 1 N–H and O–H groups in total. The van der Waals surface area contributed by atoms with Crippen molar-refractivity contribution in [1.29, 1.82) is 0 Å². The van der Waals surface area contributed by atoms with E-state index in [2.05, 4.69) is 21.2 Å². The molecule has 0 bridgehead atoms. The molecule has 7 rings (SSSR count). The highest BCUT2D eigenvalue weighted by atomic mass is 79.9. The second-order valence-electron chi connectivity index (χ2n) is 10.2. The number of carbonyl (C=O) groups excluding carboxylic acids is 3. The largest absolute Gasteiger partial charge is 0.329 e. The van der Waals surface area contributed by atoms with Crippen LogP contribution in [0, 0.1) is 0 Å². The van der Waals surface area contributed by atoms with Gasteiger partial charge in [-0.1, -0.05) is 76.1 Å². The van der Waals surface area contributed by atoms with Crippen LogP contribution < -0.4 is 5.32 Å². The summed E-state index contributed by atoms with van der Waals surface area (Å²) in [4.78, 5) is 46.4. The van der Waals surface area contributed by atoms with E-state index in [1.807, 2.05) is 66.7 Å². The number of nitrogens with one attached hydrogen (secondary N) is 1. The average Bonchev–Trinajstić information content (AvgIpc) is 3.59. The molecule has 0 radical (unpaired) electrons. The molecule has 0 aliphatic carbocycles. The molecular formula is C29H23BrClN3O3. The summed E-state index contributed by atoms with van der Waals surface area (Å²) in [5.74, 6) is -0.997. The molecule has 1 spiro atoms. The summed E-state index contributed by atoms with van der Waals surface area (Å²) in [6.45, 7) is 0.558. The van der Waals surface area contributed by atoms with Gasteiger partial charge < -0.3 is 15.1 Å². The van der Waals surface area contributed by atoms with Gasteiger partial charge in [0.1, 0.15) is 17.5 Å². The minimum absolute atomic E-state index is 0.0897. The highest BCUT2D eigenvalue weighted by Crippen LogP contribution is 2.65. The van der Waals surface area contributed by atoms with E-state index >= 15 is 0 Å². The van der Waals surface area contributed by atoms with E-state index in [4.69, 9.17) is 11.6 Å². The molecule has 3 saturated heterocycles. The molecule has 3 aromatic carbocycles. The normalized spacial score (nSPS) is 29.9. The van der Waals surface area contributed by atoms with Crippen molar-refractivity contribution in [2.45, 2.75) is 42.3 Å². The van der Waals surface area contributed by atoms with Gasteiger partial charge in [-0.2, -0.15) is 0 Å². The van der Waals surface area contributed by atoms with Crippen LogP contribution in [-0.2, 0) is 19.8 Å². The van der Waals surface area contributed by atoms with Crippen LogP contribution in [0.3, 0.4) is 0 Å². The number of nitrogens with zero attached hydrogens (tertiary/aromatic N) is 2. The van der Waals surface area contributed by atoms with E-state index in [-0.39, 0.29) is 17.7 Å². The van der Waals surface area contributed by atoms with Gasteiger partial charge in [0.05, 0.1) is 6.04 Å². The maximum absolute atomic E-state index is 14.4. The Hall–Kier alpha value is -3.16. The molecule has 3 fully saturated rings. The van der Waals surface area contributed by atoms with Crippen LogP contribution in [0.15, 0.2) is 77.3 Å². The van der Waals surface area contributed by atoms with Crippen LogP contribution in [0.2, 0.25) is 5.02 Å². The topological polar surface area (TPSA) is 69.7 Å². The summed E-state index contributed by atoms with van der Waals surface area (Å²) in [5.41, 5.74) is 1.83. The lowest BCUT2D eigenvalue weighted by atomic mass is 9.63. The van der Waals surface area contributed by atoms with Crippen LogP contribution >= 0.6 is 27.5 Å². The monoisotopic (exact) mass is 575 g/mol. The van der Waals surface area contributed by atoms with Crippen LogP contribution in [0.25, 0.3) is 0 Å². The van der Waals surface area contributed by atoms with E-state index in [1.54, 1.807) is 15.9 Å². The maximum atomic E-state index is 14.4. The van der Waals surface area contributed by atoms with E-state index in [1.165, 1.54) is 0 Å². The number of benzene rings is 3. The third-order valence-corrected chi connectivity index (χ3v) is 9.51. The van der Waals surface area contributed by atoms with Crippen LogP contribution in [-0.4, -0.2) is 46.1 Å². The Morgan fingerprint density at radius 3 is 2.51 bits per heavy atom. The zero-order chi connectivity index (χ0) is 25.5. The Kier molecular flexibility index (Phi) is 5.08. The number of amides is 3. The molecule has 37 heavy (non-hydrogen) atoms. The molecule has 0 unspecified atom stereocenters. The van der Waals surface area contributed by atoms with Gasteiger partial charge in [0, 0.05) is 27.6 Å². The van der Waals surface area contributed by atoms with E-state index < -0.39 is 29.5 Å². The molecule has 0 saturated carbocycles. The zero-order valence-electron chi connectivity index (χ0n) is 19.7. The fraction of sp³-hybridized carbons (Fsp3) is 0.276. The molecule has 0 aromatic heterocycles. The maximum Gasteiger partial charge on any atom is 0.246 e. The van der Waals surface area contributed by atoms with E-state index in [0.29, 0.717) is 23.7 Å². The predicted molar refractivity (Wildman–Crippen MR) is 143 cm³/mol. The fourth-order valence-electron chi connectivity index (χ4n) is 7.22. The zero-order valence-corrected chi connectivity index (χ0v) is 22.1. The second kappa shape index (κ2) is 8.17. The quantitative estimate of drug-likeness (QED) is 0.465. The number of piperazine rings is 1. The molecule has 6 nitrogen and oxygen atoms in total. The molecule has 8 heteroatoms. The molecular weight excluding hydrogens is 554 g/mol. The van der Waals surface area contributed by atoms with Crippen molar-refractivity contribution in [3.05, 3.63) is 99.0 Å². The standard InChI is InChI=1S/C29H23BrClN3O3/c30-20-13-12-17(31)15-18(20)25-29(19-9-4-5-10-21(19)32-28(29)37)23(16-7-2-1-3-8-16)24-27(36)33-14-6-11-22(33)26(35)34(24)25/h1-5,7-10,12-13,15,22-25H,6,11,14H2,(H,32,37)/t22-,23-,24+,25-,29+/m0/s1. The van der Waals surface area contributed by atoms with Crippen molar-refractivity contribution in [2.75, 3.05) is 11.9 Å². The summed E-state index contributed by atoms with van der Waals surface area (Å²) in [6.07, 6.45) is 1.42. The van der Waals surface area contributed by atoms with Gasteiger partial charge >= 0.3 is 0 Å². The molecule has 186 valence electrons. The molecule has 4 aliphatic rings. The summed E-state index contributed by atoms with van der Waals surface area (Å²) in [7, 11) is 0. The van der Waals surface area contributed by atoms with Crippen molar-refractivity contribution < 1.29 is 14.4 Å². The highest BCUT2D eigenvalue weighted by Gasteiger charge is 2.72. The highest BCUT2D eigenvalue weighted by molar-refractivity contribution is 9.10. The Morgan fingerprint density at radius 1 is 0.946 bits per heavy atom. The summed E-state index contributed by atoms with van der Waals surface area (Å²) in [5, 5.41) is 3.60. The van der Waals surface area contributed by atoms with Gasteiger partial charge in [-0.05, 0) is 53.8 Å². The molecule has 3 amide bonds. The smallest absolute Gasteiger partial charge is 0.246 e. The van der Waals surface area contributed by atoms with Crippen molar-refractivity contribution in [2.24, 2.45) is 0 Å². The Balaban J connectivity index is 1.60. The number of anilines is 1. The lowest BCUT2D eigenvalue weighted by Gasteiger charge is -2.42. The first-order valence-electron chi connectivity index (χ1n) is 12.5. The number of rotatable bonds is 2. The van der Waals surface area contributed by atoms with Crippen molar-refractivity contribution in [3.8, 4) is 0 Å². The number of fused-ring (bicyclic) bond motifs is 4. The Bertz CT molecular complexity index is 1480. The minimum Gasteiger partial charge on any atom is -0.329 e. The first-order valence-corrected chi connectivity index (χ1v) is 13.6. The molecule has 5 atom stereocenters. The first kappa shape index (κ1) is 23.0. The predicted octanol–water partition coefficient (Wildman–Crippen LogP) is 5.03. The summed E-state index contributed by atoms with van der Waals surface area (Å²) in [6, 6.07) is 20.7. The van der Waals surface area contributed by atoms with Gasteiger partial charge in [0.15, 0.2) is 0 Å². The lowest BCUT2D eigenvalue weighted by molar-refractivity contribution is -0.159. The van der Waals surface area contributed by atoms with Crippen LogP contribution in [0.5, 0.6) is 0 Å². The number of hydrogen-bond acceptors (Lipinski definition) is 3. The first-order chi connectivity index (χ1) is 17.9. The van der Waals surface area contributed by atoms with Crippen molar-refractivity contribution in [1.82, 2.24) is 9.80 Å². The average molecular weight is 577 g/mol. The van der Waals surface area contributed by atoms with Gasteiger partial charge in [-0.3, -0.25) is 14.4 Å². The fourth-order valence-corrected chi connectivity index (χ4v) is 7.86. The Labute approximate surface area is 227 Å². The third-order valence-electron chi connectivity index (χ3n) is 8.55. The van der Waals surface area contributed by atoms with Crippen LogP contribution in [0.4, 0.5) is 5.69 Å². The number of hydrogen-bond donors (Lipinski definition) is 1. The number of para-hydroxylation sites is 1. The minimum atomic E-state index is -1.24. The lowest BCUT2D eigenvalue weighted by Crippen LogP contribution is -2.61. The second-order valence-corrected chi connectivity index (χ2v) is 11.5. The van der Waals surface area contributed by atoms with Gasteiger partial charge in [-0.15, -0.1) is 0 Å². The summed E-state index contributed by atoms with van der Waals surface area (Å²) < 4.78 is 0.736. The molecule has 3 aromatic rings. The summed E-state index contributed by atoms with van der Waals surface area (Å²) >= 11 is 10.2. The van der Waals surface area contributed by atoms with Crippen LogP contribution in [0.1, 0.15) is 41.5 Å². The van der Waals surface area contributed by atoms with E-state index in [0.717, 1.165) is 27.6 Å². The Morgan fingerprint density at radius 2 is 1.70 bits per heavy atom. The van der Waals surface area contributed by atoms with Crippen molar-refractivity contribution >= 4 is 50.9 Å². The third kappa shape index (κ3) is 2.95. The molecule has 4 heterocycles.